The van der Waals surface area contributed by atoms with E-state index in [9.17, 15) is 0 Å². The van der Waals surface area contributed by atoms with Crippen LogP contribution in [0.15, 0.2) is 24.3 Å². The molecule has 1 aliphatic heterocycles. The third kappa shape index (κ3) is 2.13. The van der Waals surface area contributed by atoms with Crippen LogP contribution in [-0.2, 0) is 6.42 Å². The van der Waals surface area contributed by atoms with Crippen LogP contribution in [0.2, 0.25) is 0 Å². The third-order valence-corrected chi connectivity index (χ3v) is 2.58. The van der Waals surface area contributed by atoms with E-state index in [1.807, 2.05) is 0 Å². The van der Waals surface area contributed by atoms with Gasteiger partial charge in [0.05, 0.1) is 6.61 Å². The average Bonchev–Trinajstić information content (AvgIpc) is 2.65. The highest BCUT2D eigenvalue weighted by Crippen LogP contribution is 2.26. The number of hydrogen-bond acceptors (Lipinski definition) is 2. The van der Waals surface area contributed by atoms with Crippen molar-refractivity contribution in [3.05, 3.63) is 35.4 Å². The van der Waals surface area contributed by atoms with Crippen molar-refractivity contribution in [1.29, 1.82) is 0 Å². The zero-order valence-corrected chi connectivity index (χ0v) is 8.97. The van der Waals surface area contributed by atoms with Crippen LogP contribution < -0.4 is 4.74 Å². The molecule has 1 aromatic carbocycles. The average molecular weight is 206 g/mol. The predicted octanol–water partition coefficient (Wildman–Crippen LogP) is 2.95. The fourth-order valence-electron chi connectivity index (χ4n) is 1.60. The summed E-state index contributed by atoms with van der Waals surface area (Å²) in [6.07, 6.45) is 6.37. The molecule has 1 heterocycles. The first-order valence-corrected chi connectivity index (χ1v) is 5.56. The summed E-state index contributed by atoms with van der Waals surface area (Å²) in [5.74, 6) is 1.96. The predicted molar refractivity (Wildman–Crippen MR) is 63.1 cm³/mol. The second-order valence-electron chi connectivity index (χ2n) is 3.38. The van der Waals surface area contributed by atoms with Crippen LogP contribution in [0.3, 0.4) is 0 Å². The fourth-order valence-corrected chi connectivity index (χ4v) is 1.75. The van der Waals surface area contributed by atoms with Gasteiger partial charge in [-0.2, -0.15) is 12.6 Å². The minimum atomic E-state index is 0.832. The molecular weight excluding hydrogens is 192 g/mol. The van der Waals surface area contributed by atoms with E-state index in [4.69, 9.17) is 4.74 Å². The zero-order chi connectivity index (χ0) is 9.80. The van der Waals surface area contributed by atoms with Crippen molar-refractivity contribution in [3.63, 3.8) is 0 Å². The molecule has 14 heavy (non-hydrogen) atoms. The van der Waals surface area contributed by atoms with Crippen LogP contribution in [-0.4, -0.2) is 12.4 Å². The molecule has 0 aliphatic carbocycles. The van der Waals surface area contributed by atoms with Gasteiger partial charge in [0.2, 0.25) is 0 Å². The number of allylic oxidation sites excluding steroid dienone is 1. The number of ether oxygens (including phenoxy) is 1. The molecule has 1 aromatic rings. The topological polar surface area (TPSA) is 9.23 Å². The minimum absolute atomic E-state index is 0.832. The Hall–Kier alpha value is -0.890. The van der Waals surface area contributed by atoms with E-state index < -0.39 is 0 Å². The summed E-state index contributed by atoms with van der Waals surface area (Å²) in [7, 11) is 0. The van der Waals surface area contributed by atoms with Crippen LogP contribution in [0.4, 0.5) is 0 Å². The number of thiol groups is 1. The van der Waals surface area contributed by atoms with Crippen LogP contribution in [0, 0.1) is 0 Å². The van der Waals surface area contributed by atoms with Crippen molar-refractivity contribution < 1.29 is 4.74 Å². The van der Waals surface area contributed by atoms with Gasteiger partial charge in [0.1, 0.15) is 5.75 Å². The summed E-state index contributed by atoms with van der Waals surface area (Å²) in [6.45, 7) is 0.832. The van der Waals surface area contributed by atoms with Gasteiger partial charge in [-0.1, -0.05) is 18.2 Å². The summed E-state index contributed by atoms with van der Waals surface area (Å²) in [5, 5.41) is 0. The Kier molecular flexibility index (Phi) is 3.14. The first-order chi connectivity index (χ1) is 6.90. The van der Waals surface area contributed by atoms with Crippen LogP contribution >= 0.6 is 12.6 Å². The molecule has 0 N–H and O–H groups in total. The van der Waals surface area contributed by atoms with E-state index in [0.29, 0.717) is 0 Å². The quantitative estimate of drug-likeness (QED) is 0.748. The van der Waals surface area contributed by atoms with Crippen molar-refractivity contribution in [3.8, 4) is 5.75 Å². The summed E-state index contributed by atoms with van der Waals surface area (Å²) >= 11 is 4.16. The molecule has 0 unspecified atom stereocenters. The van der Waals surface area contributed by atoms with Gasteiger partial charge in [-0.3, -0.25) is 0 Å². The lowest BCUT2D eigenvalue weighted by atomic mass is 10.1. The normalized spacial score (nSPS) is 14.4. The van der Waals surface area contributed by atoms with Gasteiger partial charge >= 0.3 is 0 Å². The van der Waals surface area contributed by atoms with Gasteiger partial charge in [0.25, 0.3) is 0 Å². The SMILES string of the molecule is SCCC=Cc1ccc2c(c1)CCO2. The highest BCUT2D eigenvalue weighted by Gasteiger charge is 2.10. The van der Waals surface area contributed by atoms with E-state index in [0.717, 1.165) is 31.0 Å². The monoisotopic (exact) mass is 206 g/mol. The Morgan fingerprint density at radius 1 is 1.43 bits per heavy atom. The maximum absolute atomic E-state index is 5.44. The summed E-state index contributed by atoms with van der Waals surface area (Å²) in [5.41, 5.74) is 2.59. The fraction of sp³-hybridized carbons (Fsp3) is 0.333. The maximum atomic E-state index is 5.44. The van der Waals surface area contributed by atoms with E-state index in [-0.39, 0.29) is 0 Å². The van der Waals surface area contributed by atoms with Gasteiger partial charge < -0.3 is 4.74 Å². The second-order valence-corrected chi connectivity index (χ2v) is 3.83. The van der Waals surface area contributed by atoms with Crippen molar-refractivity contribution in [2.45, 2.75) is 12.8 Å². The molecule has 0 aromatic heterocycles. The van der Waals surface area contributed by atoms with Crippen molar-refractivity contribution in [2.75, 3.05) is 12.4 Å². The van der Waals surface area contributed by atoms with E-state index in [1.54, 1.807) is 0 Å². The molecule has 1 aliphatic rings. The first kappa shape index (κ1) is 9.66. The molecule has 2 rings (SSSR count). The molecule has 2 heteroatoms. The van der Waals surface area contributed by atoms with Crippen LogP contribution in [0.25, 0.3) is 6.08 Å². The number of hydrogen-bond donors (Lipinski definition) is 1. The lowest BCUT2D eigenvalue weighted by molar-refractivity contribution is 0.357. The van der Waals surface area contributed by atoms with Crippen LogP contribution in [0.5, 0.6) is 5.75 Å². The molecule has 1 nitrogen and oxygen atoms in total. The van der Waals surface area contributed by atoms with Gasteiger partial charge in [0, 0.05) is 6.42 Å². The smallest absolute Gasteiger partial charge is 0.122 e. The molecule has 0 fully saturated rings. The van der Waals surface area contributed by atoms with E-state index in [1.165, 1.54) is 11.1 Å². The van der Waals surface area contributed by atoms with Gasteiger partial charge in [-0.25, -0.2) is 0 Å². The Bertz CT molecular complexity index is 344. The summed E-state index contributed by atoms with van der Waals surface area (Å²) in [4.78, 5) is 0. The summed E-state index contributed by atoms with van der Waals surface area (Å²) in [6, 6.07) is 6.36. The maximum Gasteiger partial charge on any atom is 0.122 e. The Labute approximate surface area is 90.2 Å². The van der Waals surface area contributed by atoms with Gasteiger partial charge in [0.15, 0.2) is 0 Å². The second kappa shape index (κ2) is 4.56. The molecule has 0 bridgehead atoms. The van der Waals surface area contributed by atoms with Gasteiger partial charge in [-0.05, 0) is 35.4 Å². The Balaban J connectivity index is 2.12. The molecule has 74 valence electrons. The third-order valence-electron chi connectivity index (χ3n) is 2.32. The largest absolute Gasteiger partial charge is 0.493 e. The van der Waals surface area contributed by atoms with Crippen LogP contribution in [0.1, 0.15) is 17.5 Å². The number of rotatable bonds is 3. The molecule has 0 radical (unpaired) electrons. The van der Waals surface area contributed by atoms with Crippen molar-refractivity contribution in [2.24, 2.45) is 0 Å². The first-order valence-electron chi connectivity index (χ1n) is 4.93. The Morgan fingerprint density at radius 3 is 3.21 bits per heavy atom. The lowest BCUT2D eigenvalue weighted by Gasteiger charge is -1.99. The number of fused-ring (bicyclic) bond motifs is 1. The molecule has 0 saturated carbocycles. The lowest BCUT2D eigenvalue weighted by Crippen LogP contribution is -1.85. The zero-order valence-electron chi connectivity index (χ0n) is 8.07. The molecule has 0 spiro atoms. The van der Waals surface area contributed by atoms with Crippen molar-refractivity contribution >= 4 is 18.7 Å². The highest BCUT2D eigenvalue weighted by atomic mass is 32.1. The number of benzene rings is 1. The van der Waals surface area contributed by atoms with E-state index in [2.05, 4.69) is 43.0 Å². The molecule has 0 atom stereocenters. The highest BCUT2D eigenvalue weighted by molar-refractivity contribution is 7.80. The van der Waals surface area contributed by atoms with Crippen molar-refractivity contribution in [1.82, 2.24) is 0 Å². The molecule has 0 saturated heterocycles. The summed E-state index contributed by atoms with van der Waals surface area (Å²) < 4.78 is 5.44. The Morgan fingerprint density at radius 2 is 2.36 bits per heavy atom. The van der Waals surface area contributed by atoms with E-state index >= 15 is 0 Å². The standard InChI is InChI=1S/C12H14OS/c14-8-2-1-3-10-4-5-12-11(9-10)6-7-13-12/h1,3-5,9,14H,2,6-8H2. The molecular formula is C12H14OS. The minimum Gasteiger partial charge on any atom is -0.493 e. The molecule has 0 amide bonds. The van der Waals surface area contributed by atoms with Gasteiger partial charge in [-0.15, -0.1) is 0 Å².